The van der Waals surface area contributed by atoms with Crippen LogP contribution in [0.4, 0.5) is 0 Å². The summed E-state index contributed by atoms with van der Waals surface area (Å²) in [5.74, 6) is 1.90. The molecule has 1 aliphatic heterocycles. The zero-order valence-corrected chi connectivity index (χ0v) is 12.8. The Morgan fingerprint density at radius 1 is 1.32 bits per heavy atom. The van der Waals surface area contributed by atoms with E-state index in [0.717, 1.165) is 31.7 Å². The number of hydrogen-bond acceptors (Lipinski definition) is 2. The van der Waals surface area contributed by atoms with Crippen LogP contribution >= 0.6 is 0 Å². The minimum absolute atomic E-state index is 0.0860. The molecule has 1 heterocycles. The Balaban J connectivity index is 1.90. The van der Waals surface area contributed by atoms with E-state index in [1.165, 1.54) is 25.7 Å². The van der Waals surface area contributed by atoms with Crippen LogP contribution in [0.25, 0.3) is 0 Å². The predicted octanol–water partition coefficient (Wildman–Crippen LogP) is 3.15. The topological polar surface area (TPSA) is 32.3 Å². The molecule has 0 bridgehead atoms. The second-order valence-corrected chi connectivity index (χ2v) is 6.77. The van der Waals surface area contributed by atoms with Crippen molar-refractivity contribution in [3.8, 4) is 0 Å². The molecule has 1 aliphatic carbocycles. The summed E-state index contributed by atoms with van der Waals surface area (Å²) < 4.78 is 0. The van der Waals surface area contributed by atoms with Gasteiger partial charge in [0, 0.05) is 6.54 Å². The molecule has 2 fully saturated rings. The molecular formula is C16H30N2O. The third kappa shape index (κ3) is 4.20. The Labute approximate surface area is 118 Å². The number of nitrogens with zero attached hydrogens (tertiary/aromatic N) is 1. The third-order valence-electron chi connectivity index (χ3n) is 4.37. The fraction of sp³-hybridized carbons (Fsp3) is 0.938. The minimum atomic E-state index is 0.0860. The van der Waals surface area contributed by atoms with Crippen molar-refractivity contribution in [1.82, 2.24) is 10.2 Å². The fourth-order valence-corrected chi connectivity index (χ4v) is 3.00. The van der Waals surface area contributed by atoms with Gasteiger partial charge in [-0.3, -0.25) is 10.1 Å². The number of carbonyl (C=O) groups is 1. The lowest BCUT2D eigenvalue weighted by Crippen LogP contribution is -2.39. The highest BCUT2D eigenvalue weighted by atomic mass is 16.2. The molecule has 3 heteroatoms. The summed E-state index contributed by atoms with van der Waals surface area (Å²) >= 11 is 0. The molecule has 2 unspecified atom stereocenters. The van der Waals surface area contributed by atoms with Gasteiger partial charge in [0.05, 0.1) is 12.2 Å². The summed E-state index contributed by atoms with van der Waals surface area (Å²) in [6.45, 7) is 7.64. The number of amides is 1. The van der Waals surface area contributed by atoms with Crippen LogP contribution < -0.4 is 5.32 Å². The highest BCUT2D eigenvalue weighted by Crippen LogP contribution is 2.33. The quantitative estimate of drug-likeness (QED) is 0.732. The van der Waals surface area contributed by atoms with E-state index < -0.39 is 0 Å². The molecule has 0 aromatic heterocycles. The maximum absolute atomic E-state index is 12.5. The van der Waals surface area contributed by atoms with Gasteiger partial charge in [-0.15, -0.1) is 0 Å². The lowest BCUT2D eigenvalue weighted by Gasteiger charge is -2.25. The molecule has 0 aromatic carbocycles. The minimum Gasteiger partial charge on any atom is -0.326 e. The predicted molar refractivity (Wildman–Crippen MR) is 78.7 cm³/mol. The summed E-state index contributed by atoms with van der Waals surface area (Å²) in [7, 11) is 0. The first kappa shape index (κ1) is 14.8. The largest absolute Gasteiger partial charge is 0.326 e. The molecule has 1 saturated heterocycles. The van der Waals surface area contributed by atoms with Crippen LogP contribution in [-0.2, 0) is 4.79 Å². The second-order valence-electron chi connectivity index (χ2n) is 6.77. The normalized spacial score (nSPS) is 27.6. The molecule has 0 aromatic rings. The molecule has 2 atom stereocenters. The molecule has 110 valence electrons. The molecule has 0 radical (unpaired) electrons. The van der Waals surface area contributed by atoms with Gasteiger partial charge < -0.3 is 4.90 Å². The average Bonchev–Trinajstić information content (AvgIpc) is 3.12. The number of nitrogens with one attached hydrogen (secondary N) is 1. The van der Waals surface area contributed by atoms with Crippen molar-refractivity contribution in [3.05, 3.63) is 0 Å². The van der Waals surface area contributed by atoms with Gasteiger partial charge in [-0.25, -0.2) is 0 Å². The van der Waals surface area contributed by atoms with Gasteiger partial charge in [0.15, 0.2) is 0 Å². The highest BCUT2D eigenvalue weighted by Gasteiger charge is 2.38. The first-order valence-electron chi connectivity index (χ1n) is 8.18. The first-order valence-corrected chi connectivity index (χ1v) is 8.18. The van der Waals surface area contributed by atoms with Crippen LogP contribution in [0.15, 0.2) is 0 Å². The van der Waals surface area contributed by atoms with E-state index in [1.54, 1.807) is 0 Å². The van der Waals surface area contributed by atoms with Gasteiger partial charge in [0.2, 0.25) is 5.91 Å². The van der Waals surface area contributed by atoms with Crippen molar-refractivity contribution in [3.63, 3.8) is 0 Å². The molecule has 19 heavy (non-hydrogen) atoms. The Bertz CT molecular complexity index is 299. The Hall–Kier alpha value is -0.570. The maximum atomic E-state index is 12.5. The summed E-state index contributed by atoms with van der Waals surface area (Å²) in [5, 5.41) is 3.58. The van der Waals surface area contributed by atoms with Crippen molar-refractivity contribution in [2.24, 2.45) is 11.8 Å². The van der Waals surface area contributed by atoms with Gasteiger partial charge in [-0.05, 0) is 31.1 Å². The van der Waals surface area contributed by atoms with E-state index in [0.29, 0.717) is 11.8 Å². The van der Waals surface area contributed by atoms with Crippen molar-refractivity contribution in [2.75, 3.05) is 6.54 Å². The van der Waals surface area contributed by atoms with Gasteiger partial charge in [-0.1, -0.05) is 46.5 Å². The Kier molecular flexibility index (Phi) is 5.26. The van der Waals surface area contributed by atoms with E-state index >= 15 is 0 Å². The van der Waals surface area contributed by atoms with Crippen LogP contribution in [-0.4, -0.2) is 29.6 Å². The molecule has 2 aliphatic rings. The van der Waals surface area contributed by atoms with Crippen molar-refractivity contribution in [2.45, 2.75) is 77.9 Å². The number of unbranched alkanes of at least 4 members (excludes halogenated alkanes) is 1. The summed E-state index contributed by atoms with van der Waals surface area (Å²) in [6.07, 6.45) is 8.66. The second kappa shape index (κ2) is 6.74. The average molecular weight is 266 g/mol. The molecule has 1 saturated carbocycles. The summed E-state index contributed by atoms with van der Waals surface area (Å²) in [4.78, 5) is 14.6. The SMILES string of the molecule is CCCCC1NC(CC(C)C)N(CCC2CC2)C1=O. The molecule has 1 amide bonds. The number of hydrogen-bond donors (Lipinski definition) is 1. The van der Waals surface area contributed by atoms with Crippen LogP contribution in [0.5, 0.6) is 0 Å². The number of carbonyl (C=O) groups excluding carboxylic acids is 1. The van der Waals surface area contributed by atoms with Crippen molar-refractivity contribution >= 4 is 5.91 Å². The third-order valence-corrected chi connectivity index (χ3v) is 4.37. The van der Waals surface area contributed by atoms with E-state index in [-0.39, 0.29) is 12.2 Å². The van der Waals surface area contributed by atoms with Crippen LogP contribution in [0.3, 0.4) is 0 Å². The van der Waals surface area contributed by atoms with Gasteiger partial charge in [0.25, 0.3) is 0 Å². The van der Waals surface area contributed by atoms with E-state index in [2.05, 4.69) is 31.0 Å². The summed E-state index contributed by atoms with van der Waals surface area (Å²) in [6, 6.07) is 0.0860. The van der Waals surface area contributed by atoms with Gasteiger partial charge in [-0.2, -0.15) is 0 Å². The first-order chi connectivity index (χ1) is 9.11. The smallest absolute Gasteiger partial charge is 0.241 e. The highest BCUT2D eigenvalue weighted by molar-refractivity contribution is 5.84. The molecule has 2 rings (SSSR count). The van der Waals surface area contributed by atoms with Crippen molar-refractivity contribution in [1.29, 1.82) is 0 Å². The number of rotatable bonds is 8. The molecule has 3 nitrogen and oxygen atoms in total. The standard InChI is InChI=1S/C16H30N2O/c1-4-5-6-14-16(19)18(10-9-13-7-8-13)15(17-14)11-12(2)3/h12-15,17H,4-11H2,1-3H3. The fourth-order valence-electron chi connectivity index (χ4n) is 3.00. The monoisotopic (exact) mass is 266 g/mol. The lowest BCUT2D eigenvalue weighted by molar-refractivity contribution is -0.130. The van der Waals surface area contributed by atoms with E-state index in [4.69, 9.17) is 0 Å². The van der Waals surface area contributed by atoms with E-state index in [1.807, 2.05) is 0 Å². The van der Waals surface area contributed by atoms with Crippen LogP contribution in [0, 0.1) is 11.8 Å². The Morgan fingerprint density at radius 2 is 2.05 bits per heavy atom. The zero-order chi connectivity index (χ0) is 13.8. The molecular weight excluding hydrogens is 236 g/mol. The summed E-state index contributed by atoms with van der Waals surface area (Å²) in [5.41, 5.74) is 0. The van der Waals surface area contributed by atoms with Crippen LogP contribution in [0.1, 0.15) is 65.7 Å². The Morgan fingerprint density at radius 3 is 2.63 bits per heavy atom. The van der Waals surface area contributed by atoms with Gasteiger partial charge in [0.1, 0.15) is 0 Å². The molecule has 1 N–H and O–H groups in total. The van der Waals surface area contributed by atoms with Gasteiger partial charge >= 0.3 is 0 Å². The zero-order valence-electron chi connectivity index (χ0n) is 12.8. The maximum Gasteiger partial charge on any atom is 0.241 e. The lowest BCUT2D eigenvalue weighted by atomic mass is 10.1. The van der Waals surface area contributed by atoms with Crippen molar-refractivity contribution < 1.29 is 4.79 Å². The molecule has 0 spiro atoms. The van der Waals surface area contributed by atoms with Crippen LogP contribution in [0.2, 0.25) is 0 Å². The van der Waals surface area contributed by atoms with E-state index in [9.17, 15) is 4.79 Å².